The second-order valence-electron chi connectivity index (χ2n) is 3.64. The third-order valence-corrected chi connectivity index (χ3v) is 3.14. The van der Waals surface area contributed by atoms with E-state index in [0.29, 0.717) is 0 Å². The topological polar surface area (TPSA) is 46.5 Å². The van der Waals surface area contributed by atoms with Crippen LogP contribution in [0.15, 0.2) is 35.1 Å². The van der Waals surface area contributed by atoms with Gasteiger partial charge in [0.1, 0.15) is 5.82 Å². The van der Waals surface area contributed by atoms with E-state index >= 15 is 0 Å². The molecule has 0 fully saturated rings. The Morgan fingerprint density at radius 3 is 3.00 bits per heavy atom. The van der Waals surface area contributed by atoms with Crippen molar-refractivity contribution < 1.29 is 0 Å². The van der Waals surface area contributed by atoms with E-state index < -0.39 is 0 Å². The van der Waals surface area contributed by atoms with Crippen LogP contribution in [0.2, 0.25) is 0 Å². The smallest absolute Gasteiger partial charge is 0.137 e. The predicted octanol–water partition coefficient (Wildman–Crippen LogP) is 2.82. The average Bonchev–Trinajstić information content (AvgIpc) is 2.87. The van der Waals surface area contributed by atoms with E-state index in [2.05, 4.69) is 44.2 Å². The molecule has 0 saturated carbocycles. The summed E-state index contributed by atoms with van der Waals surface area (Å²) in [6.45, 7) is 2.07. The summed E-state index contributed by atoms with van der Waals surface area (Å²) in [5.74, 6) is 0.964. The minimum absolute atomic E-state index is 0.964. The molecule has 0 bridgehead atoms. The normalized spacial score (nSPS) is 11.1. The molecule has 5 heteroatoms. The molecule has 0 spiro atoms. The molecule has 0 unspecified atom stereocenters. The van der Waals surface area contributed by atoms with Crippen molar-refractivity contribution in [3.63, 3.8) is 0 Å². The molecule has 16 heavy (non-hydrogen) atoms. The van der Waals surface area contributed by atoms with Gasteiger partial charge in [-0.2, -0.15) is 0 Å². The fourth-order valence-electron chi connectivity index (χ4n) is 1.84. The highest BCUT2D eigenvalue weighted by molar-refractivity contribution is 9.10. The summed E-state index contributed by atoms with van der Waals surface area (Å²) in [5, 5.41) is 8.99. The first-order valence-corrected chi connectivity index (χ1v) is 5.69. The minimum Gasteiger partial charge on any atom is -0.339 e. The molecule has 4 nitrogen and oxygen atoms in total. The second kappa shape index (κ2) is 3.45. The summed E-state index contributed by atoms with van der Waals surface area (Å²) < 4.78 is 2.82. The molecule has 0 aliphatic rings. The maximum atomic E-state index is 3.99. The van der Waals surface area contributed by atoms with Crippen LogP contribution in [0.4, 0.5) is 0 Å². The summed E-state index contributed by atoms with van der Waals surface area (Å²) in [6, 6.07) is 6.16. The Labute approximate surface area is 100 Å². The molecule has 1 N–H and O–H groups in total. The Hall–Kier alpha value is -1.62. The number of nitrogens with one attached hydrogen (secondary N) is 1. The molecule has 3 aromatic rings. The molecule has 3 rings (SSSR count). The van der Waals surface area contributed by atoms with Crippen molar-refractivity contribution in [2.45, 2.75) is 6.92 Å². The largest absolute Gasteiger partial charge is 0.339 e. The van der Waals surface area contributed by atoms with E-state index in [1.165, 1.54) is 10.9 Å². The molecule has 0 amide bonds. The molecular weight excluding hydrogens is 268 g/mol. The number of halogens is 1. The van der Waals surface area contributed by atoms with Crippen molar-refractivity contribution in [3.05, 3.63) is 40.6 Å². The van der Waals surface area contributed by atoms with Crippen LogP contribution in [0, 0.1) is 6.92 Å². The molecule has 0 atom stereocenters. The Morgan fingerprint density at radius 2 is 2.25 bits per heavy atom. The summed E-state index contributed by atoms with van der Waals surface area (Å²) >= 11 is 3.48. The third-order valence-electron chi connectivity index (χ3n) is 2.65. The molecular formula is C11H9BrN4. The van der Waals surface area contributed by atoms with Gasteiger partial charge in [-0.05, 0) is 25.1 Å². The van der Waals surface area contributed by atoms with Crippen LogP contribution in [0.3, 0.4) is 0 Å². The third kappa shape index (κ3) is 1.36. The number of aromatic nitrogens is 4. The SMILES string of the molecule is Cc1c(-n2ccnn2)[nH]c2ccc(Br)cc12. The summed E-state index contributed by atoms with van der Waals surface area (Å²) in [4.78, 5) is 3.33. The summed E-state index contributed by atoms with van der Waals surface area (Å²) in [6.07, 6.45) is 3.49. The zero-order chi connectivity index (χ0) is 11.1. The maximum Gasteiger partial charge on any atom is 0.137 e. The van der Waals surface area contributed by atoms with E-state index in [9.17, 15) is 0 Å². The Kier molecular flexibility index (Phi) is 2.07. The fourth-order valence-corrected chi connectivity index (χ4v) is 2.20. The minimum atomic E-state index is 0.964. The summed E-state index contributed by atoms with van der Waals surface area (Å²) in [7, 11) is 0. The number of aromatic amines is 1. The highest BCUT2D eigenvalue weighted by Crippen LogP contribution is 2.26. The second-order valence-corrected chi connectivity index (χ2v) is 4.55. The lowest BCUT2D eigenvalue weighted by atomic mass is 10.2. The van der Waals surface area contributed by atoms with Gasteiger partial charge < -0.3 is 4.98 Å². The number of H-pyrrole nitrogens is 1. The van der Waals surface area contributed by atoms with Crippen LogP contribution in [0.25, 0.3) is 16.7 Å². The van der Waals surface area contributed by atoms with Gasteiger partial charge in [-0.15, -0.1) is 5.10 Å². The van der Waals surface area contributed by atoms with Crippen molar-refractivity contribution >= 4 is 26.8 Å². The van der Waals surface area contributed by atoms with Crippen LogP contribution in [-0.2, 0) is 0 Å². The van der Waals surface area contributed by atoms with Crippen molar-refractivity contribution in [1.29, 1.82) is 0 Å². The number of hydrogen-bond donors (Lipinski definition) is 1. The number of aryl methyl sites for hydroxylation is 1. The molecule has 80 valence electrons. The van der Waals surface area contributed by atoms with E-state index in [1.807, 2.05) is 18.3 Å². The van der Waals surface area contributed by atoms with E-state index in [0.717, 1.165) is 15.8 Å². The van der Waals surface area contributed by atoms with Crippen LogP contribution in [-0.4, -0.2) is 20.0 Å². The lowest BCUT2D eigenvalue weighted by Gasteiger charge is -1.96. The molecule has 0 aliphatic carbocycles. The Bertz CT molecular complexity index is 639. The van der Waals surface area contributed by atoms with Crippen molar-refractivity contribution in [2.75, 3.05) is 0 Å². The van der Waals surface area contributed by atoms with Crippen molar-refractivity contribution in [2.24, 2.45) is 0 Å². The number of benzene rings is 1. The van der Waals surface area contributed by atoms with Gasteiger partial charge in [0.05, 0.1) is 12.4 Å². The van der Waals surface area contributed by atoms with Gasteiger partial charge in [0, 0.05) is 20.9 Å². The van der Waals surface area contributed by atoms with Crippen molar-refractivity contribution in [3.8, 4) is 5.82 Å². The first-order chi connectivity index (χ1) is 7.75. The van der Waals surface area contributed by atoms with Gasteiger partial charge in [0.25, 0.3) is 0 Å². The van der Waals surface area contributed by atoms with Crippen LogP contribution < -0.4 is 0 Å². The number of hydrogen-bond acceptors (Lipinski definition) is 2. The van der Waals surface area contributed by atoms with Gasteiger partial charge in [0.2, 0.25) is 0 Å². The first kappa shape index (κ1) is 9.59. The van der Waals surface area contributed by atoms with Gasteiger partial charge in [-0.1, -0.05) is 21.1 Å². The summed E-state index contributed by atoms with van der Waals surface area (Å²) in [5.41, 5.74) is 2.27. The van der Waals surface area contributed by atoms with Crippen LogP contribution >= 0.6 is 15.9 Å². The lowest BCUT2D eigenvalue weighted by molar-refractivity contribution is 0.784. The van der Waals surface area contributed by atoms with Gasteiger partial charge in [-0.25, -0.2) is 4.68 Å². The van der Waals surface area contributed by atoms with Crippen molar-refractivity contribution in [1.82, 2.24) is 20.0 Å². The molecule has 2 heterocycles. The molecule has 2 aromatic heterocycles. The van der Waals surface area contributed by atoms with Gasteiger partial charge in [0.15, 0.2) is 0 Å². The monoisotopic (exact) mass is 276 g/mol. The van der Waals surface area contributed by atoms with E-state index in [1.54, 1.807) is 10.9 Å². The quantitative estimate of drug-likeness (QED) is 0.743. The average molecular weight is 277 g/mol. The predicted molar refractivity (Wildman–Crippen MR) is 65.7 cm³/mol. The number of fused-ring (bicyclic) bond motifs is 1. The maximum absolute atomic E-state index is 3.99. The van der Waals surface area contributed by atoms with Gasteiger partial charge >= 0.3 is 0 Å². The molecule has 0 aliphatic heterocycles. The van der Waals surface area contributed by atoms with Gasteiger partial charge in [-0.3, -0.25) is 0 Å². The fraction of sp³-hybridized carbons (Fsp3) is 0.0909. The molecule has 0 saturated heterocycles. The van der Waals surface area contributed by atoms with Crippen LogP contribution in [0.5, 0.6) is 0 Å². The standard InChI is InChI=1S/C11H9BrN4/c1-7-9-6-8(12)2-3-10(9)14-11(7)16-5-4-13-15-16/h2-6,14H,1H3. The van der Waals surface area contributed by atoms with Crippen LogP contribution in [0.1, 0.15) is 5.56 Å². The zero-order valence-corrected chi connectivity index (χ0v) is 10.2. The Balaban J connectivity index is 2.32. The highest BCUT2D eigenvalue weighted by Gasteiger charge is 2.09. The molecule has 0 radical (unpaired) electrons. The van der Waals surface area contributed by atoms with E-state index in [-0.39, 0.29) is 0 Å². The number of nitrogens with zero attached hydrogens (tertiary/aromatic N) is 3. The lowest BCUT2D eigenvalue weighted by Crippen LogP contribution is -1.96. The van der Waals surface area contributed by atoms with E-state index in [4.69, 9.17) is 0 Å². The zero-order valence-electron chi connectivity index (χ0n) is 8.61. The first-order valence-electron chi connectivity index (χ1n) is 4.90. The number of rotatable bonds is 1. The highest BCUT2D eigenvalue weighted by atomic mass is 79.9. The Morgan fingerprint density at radius 1 is 1.38 bits per heavy atom. The molecule has 1 aromatic carbocycles.